The summed E-state index contributed by atoms with van der Waals surface area (Å²) in [4.78, 5) is 15.4. The van der Waals surface area contributed by atoms with Crippen molar-refractivity contribution in [3.05, 3.63) is 29.6 Å². The predicted molar refractivity (Wildman–Crippen MR) is 66.4 cm³/mol. The van der Waals surface area contributed by atoms with Crippen LogP contribution in [0.1, 0.15) is 42.5 Å². The van der Waals surface area contributed by atoms with E-state index in [0.717, 1.165) is 23.3 Å². The van der Waals surface area contributed by atoms with Crippen LogP contribution in [-0.2, 0) is 0 Å². The van der Waals surface area contributed by atoms with Gasteiger partial charge >= 0.3 is 5.97 Å². The van der Waals surface area contributed by atoms with Gasteiger partial charge in [-0.15, -0.1) is 0 Å². The van der Waals surface area contributed by atoms with Crippen LogP contribution < -0.4 is 0 Å². The maximum absolute atomic E-state index is 11.0. The first-order valence-electron chi connectivity index (χ1n) is 5.76. The van der Waals surface area contributed by atoms with Gasteiger partial charge in [-0.05, 0) is 38.5 Å². The number of carboxylic acid groups (broad SMARTS) is 1. The lowest BCUT2D eigenvalue weighted by Crippen LogP contribution is -2.06. The average Bonchev–Trinajstić information content (AvgIpc) is 2.62. The van der Waals surface area contributed by atoms with Gasteiger partial charge in [-0.1, -0.05) is 6.92 Å². The molecule has 2 rings (SSSR count). The summed E-state index contributed by atoms with van der Waals surface area (Å²) in [7, 11) is 0. The molecule has 0 radical (unpaired) electrons. The van der Waals surface area contributed by atoms with Crippen LogP contribution in [0.2, 0.25) is 0 Å². The SMILES string of the molecule is CCC(C)n1c(C)nc2ccc(C(=O)O)cc21. The fourth-order valence-corrected chi connectivity index (χ4v) is 2.09. The summed E-state index contributed by atoms with van der Waals surface area (Å²) >= 11 is 0. The largest absolute Gasteiger partial charge is 0.478 e. The van der Waals surface area contributed by atoms with Crippen LogP contribution in [-0.4, -0.2) is 20.6 Å². The zero-order chi connectivity index (χ0) is 12.6. The molecule has 0 aliphatic heterocycles. The minimum atomic E-state index is -0.901. The van der Waals surface area contributed by atoms with Crippen molar-refractivity contribution >= 4 is 17.0 Å². The summed E-state index contributed by atoms with van der Waals surface area (Å²) in [5.41, 5.74) is 2.06. The average molecular weight is 232 g/mol. The number of aryl methyl sites for hydroxylation is 1. The molecule has 1 aromatic heterocycles. The van der Waals surface area contributed by atoms with Gasteiger partial charge in [-0.2, -0.15) is 0 Å². The second kappa shape index (κ2) is 4.20. The van der Waals surface area contributed by atoms with Gasteiger partial charge in [0.05, 0.1) is 16.6 Å². The number of fused-ring (bicyclic) bond motifs is 1. The molecule has 1 aromatic carbocycles. The van der Waals surface area contributed by atoms with Crippen molar-refractivity contribution in [2.75, 3.05) is 0 Å². The zero-order valence-corrected chi connectivity index (χ0v) is 10.3. The molecule has 0 saturated carbocycles. The smallest absolute Gasteiger partial charge is 0.335 e. The quantitative estimate of drug-likeness (QED) is 0.885. The summed E-state index contributed by atoms with van der Waals surface area (Å²) in [6.07, 6.45) is 0.990. The fourth-order valence-electron chi connectivity index (χ4n) is 2.09. The van der Waals surface area contributed by atoms with Gasteiger partial charge in [0.1, 0.15) is 5.82 Å². The lowest BCUT2D eigenvalue weighted by Gasteiger charge is -2.14. The monoisotopic (exact) mass is 232 g/mol. The molecule has 1 atom stereocenters. The maximum Gasteiger partial charge on any atom is 0.335 e. The molecule has 4 nitrogen and oxygen atoms in total. The molecule has 0 amide bonds. The van der Waals surface area contributed by atoms with Crippen molar-refractivity contribution in [3.8, 4) is 0 Å². The molecule has 1 N–H and O–H groups in total. The van der Waals surface area contributed by atoms with Crippen LogP contribution in [0.25, 0.3) is 11.0 Å². The number of hydrogen-bond donors (Lipinski definition) is 1. The van der Waals surface area contributed by atoms with Crippen LogP contribution in [0.4, 0.5) is 0 Å². The second-order valence-electron chi connectivity index (χ2n) is 4.29. The van der Waals surface area contributed by atoms with Crippen molar-refractivity contribution in [2.24, 2.45) is 0 Å². The molecule has 0 bridgehead atoms. The summed E-state index contributed by atoms with van der Waals surface area (Å²) in [5.74, 6) is 0.0262. The second-order valence-corrected chi connectivity index (χ2v) is 4.29. The van der Waals surface area contributed by atoms with E-state index < -0.39 is 5.97 Å². The topological polar surface area (TPSA) is 55.1 Å². The summed E-state index contributed by atoms with van der Waals surface area (Å²) in [5, 5.41) is 9.01. The summed E-state index contributed by atoms with van der Waals surface area (Å²) in [6, 6.07) is 5.39. The fraction of sp³-hybridized carbons (Fsp3) is 0.385. The molecule has 17 heavy (non-hydrogen) atoms. The highest BCUT2D eigenvalue weighted by Gasteiger charge is 2.13. The van der Waals surface area contributed by atoms with Gasteiger partial charge in [0.25, 0.3) is 0 Å². The molecule has 0 aliphatic rings. The normalized spacial score (nSPS) is 12.9. The molecule has 0 spiro atoms. The Balaban J connectivity index is 2.69. The molecule has 0 aliphatic carbocycles. The van der Waals surface area contributed by atoms with Crippen molar-refractivity contribution in [1.29, 1.82) is 0 Å². The van der Waals surface area contributed by atoms with Crippen LogP contribution >= 0.6 is 0 Å². The Labute approximate surface area is 99.9 Å². The first kappa shape index (κ1) is 11.6. The highest BCUT2D eigenvalue weighted by Crippen LogP contribution is 2.23. The van der Waals surface area contributed by atoms with Gasteiger partial charge < -0.3 is 9.67 Å². The molecule has 2 aromatic rings. The van der Waals surface area contributed by atoms with E-state index in [2.05, 4.69) is 23.4 Å². The van der Waals surface area contributed by atoms with E-state index >= 15 is 0 Å². The van der Waals surface area contributed by atoms with E-state index in [1.165, 1.54) is 0 Å². The van der Waals surface area contributed by atoms with Gasteiger partial charge in [0.2, 0.25) is 0 Å². The van der Waals surface area contributed by atoms with E-state index in [1.807, 2.05) is 6.92 Å². The number of carboxylic acids is 1. The maximum atomic E-state index is 11.0. The van der Waals surface area contributed by atoms with E-state index in [-0.39, 0.29) is 0 Å². The number of carbonyl (C=O) groups is 1. The lowest BCUT2D eigenvalue weighted by molar-refractivity contribution is 0.0697. The van der Waals surface area contributed by atoms with E-state index in [4.69, 9.17) is 5.11 Å². The molecule has 90 valence electrons. The van der Waals surface area contributed by atoms with Crippen LogP contribution in [0.5, 0.6) is 0 Å². The van der Waals surface area contributed by atoms with Gasteiger partial charge in [-0.25, -0.2) is 9.78 Å². The van der Waals surface area contributed by atoms with Crippen molar-refractivity contribution in [1.82, 2.24) is 9.55 Å². The number of hydrogen-bond acceptors (Lipinski definition) is 2. The Morgan fingerprint density at radius 3 is 2.82 bits per heavy atom. The minimum absolute atomic E-state index is 0.307. The molecule has 4 heteroatoms. The van der Waals surface area contributed by atoms with Gasteiger partial charge in [-0.3, -0.25) is 0 Å². The molecule has 1 heterocycles. The minimum Gasteiger partial charge on any atom is -0.478 e. The number of aromatic nitrogens is 2. The summed E-state index contributed by atoms with van der Waals surface area (Å²) < 4.78 is 2.10. The summed E-state index contributed by atoms with van der Waals surface area (Å²) in [6.45, 7) is 6.17. The molecular formula is C13H16N2O2. The molecule has 0 saturated heterocycles. The Hall–Kier alpha value is -1.84. The standard InChI is InChI=1S/C13H16N2O2/c1-4-8(2)15-9(3)14-11-6-5-10(13(16)17)7-12(11)15/h5-8H,4H2,1-3H3,(H,16,17). The number of benzene rings is 1. The Morgan fingerprint density at radius 2 is 2.24 bits per heavy atom. The third kappa shape index (κ3) is 1.90. The van der Waals surface area contributed by atoms with Gasteiger partial charge in [0.15, 0.2) is 0 Å². The van der Waals surface area contributed by atoms with Crippen molar-refractivity contribution in [3.63, 3.8) is 0 Å². The molecule has 0 fully saturated rings. The van der Waals surface area contributed by atoms with Crippen molar-refractivity contribution < 1.29 is 9.90 Å². The molecule has 1 unspecified atom stereocenters. The van der Waals surface area contributed by atoms with Crippen molar-refractivity contribution in [2.45, 2.75) is 33.2 Å². The first-order valence-corrected chi connectivity index (χ1v) is 5.76. The van der Waals surface area contributed by atoms with Crippen LogP contribution in [0.15, 0.2) is 18.2 Å². The third-order valence-corrected chi connectivity index (χ3v) is 3.14. The Morgan fingerprint density at radius 1 is 1.53 bits per heavy atom. The van der Waals surface area contributed by atoms with Gasteiger partial charge in [0, 0.05) is 6.04 Å². The highest BCUT2D eigenvalue weighted by atomic mass is 16.4. The van der Waals surface area contributed by atoms with E-state index in [1.54, 1.807) is 18.2 Å². The zero-order valence-electron chi connectivity index (χ0n) is 10.3. The first-order chi connectivity index (χ1) is 8.04. The van der Waals surface area contributed by atoms with E-state index in [9.17, 15) is 4.79 Å². The van der Waals surface area contributed by atoms with E-state index in [0.29, 0.717) is 11.6 Å². The highest BCUT2D eigenvalue weighted by molar-refractivity contribution is 5.92. The number of nitrogens with zero attached hydrogens (tertiary/aromatic N) is 2. The lowest BCUT2D eigenvalue weighted by atomic mass is 10.2. The molecular weight excluding hydrogens is 216 g/mol. The van der Waals surface area contributed by atoms with Crippen LogP contribution in [0, 0.1) is 6.92 Å². The Kier molecular flexibility index (Phi) is 2.88. The number of imidazole rings is 1. The Bertz CT molecular complexity index is 572. The van der Waals surface area contributed by atoms with Crippen LogP contribution in [0.3, 0.4) is 0 Å². The third-order valence-electron chi connectivity index (χ3n) is 3.14. The number of rotatable bonds is 3. The number of aromatic carboxylic acids is 1. The predicted octanol–water partition coefficient (Wildman–Crippen LogP) is 3.01.